The van der Waals surface area contributed by atoms with Crippen LogP contribution in [0.3, 0.4) is 0 Å². The van der Waals surface area contributed by atoms with Gasteiger partial charge in [0.15, 0.2) is 18.1 Å². The number of rotatable bonds is 5. The van der Waals surface area contributed by atoms with E-state index in [1.54, 1.807) is 0 Å². The van der Waals surface area contributed by atoms with Crippen LogP contribution < -0.4 is 19.5 Å². The molecule has 126 valence electrons. The topological polar surface area (TPSA) is 56.8 Å². The van der Waals surface area contributed by atoms with Gasteiger partial charge in [-0.05, 0) is 43.7 Å². The normalized spacial score (nSPS) is 13.9. The molecule has 24 heavy (non-hydrogen) atoms. The van der Waals surface area contributed by atoms with E-state index in [1.165, 1.54) is 0 Å². The highest BCUT2D eigenvalue weighted by Crippen LogP contribution is 2.32. The zero-order valence-electron chi connectivity index (χ0n) is 13.9. The second-order valence-electron chi connectivity index (χ2n) is 5.79. The average Bonchev–Trinajstić information content (AvgIpc) is 2.61. The van der Waals surface area contributed by atoms with Crippen LogP contribution in [-0.2, 0) is 4.79 Å². The van der Waals surface area contributed by atoms with Gasteiger partial charge in [0.2, 0.25) is 0 Å². The third-order valence-corrected chi connectivity index (χ3v) is 3.83. The van der Waals surface area contributed by atoms with Gasteiger partial charge in [0, 0.05) is 0 Å². The third kappa shape index (κ3) is 3.98. The van der Waals surface area contributed by atoms with Crippen LogP contribution in [0, 0.1) is 6.92 Å². The fourth-order valence-electron chi connectivity index (χ4n) is 2.48. The fourth-order valence-corrected chi connectivity index (χ4v) is 2.48. The number of benzene rings is 2. The monoisotopic (exact) mass is 327 g/mol. The molecule has 0 fully saturated rings. The van der Waals surface area contributed by atoms with Gasteiger partial charge in [0.25, 0.3) is 5.91 Å². The highest BCUT2D eigenvalue weighted by molar-refractivity contribution is 5.78. The van der Waals surface area contributed by atoms with Gasteiger partial charge in [-0.25, -0.2) is 0 Å². The number of fused-ring (bicyclic) bond motifs is 1. The van der Waals surface area contributed by atoms with E-state index >= 15 is 0 Å². The summed E-state index contributed by atoms with van der Waals surface area (Å²) in [5, 5.41) is 2.92. The SMILES string of the molecule is Cc1ccc(OCC(=O)N[C@@H](C)c2ccc3c(c2)OCCO3)cc1. The van der Waals surface area contributed by atoms with Gasteiger partial charge < -0.3 is 19.5 Å². The Morgan fingerprint density at radius 1 is 1.12 bits per heavy atom. The van der Waals surface area contributed by atoms with Gasteiger partial charge in [-0.3, -0.25) is 4.79 Å². The van der Waals surface area contributed by atoms with Crippen molar-refractivity contribution in [3.05, 3.63) is 53.6 Å². The summed E-state index contributed by atoms with van der Waals surface area (Å²) in [6.07, 6.45) is 0. The minimum Gasteiger partial charge on any atom is -0.486 e. The molecule has 1 heterocycles. The minimum atomic E-state index is -0.169. The lowest BCUT2D eigenvalue weighted by Crippen LogP contribution is -2.31. The van der Waals surface area contributed by atoms with Crippen LogP contribution in [0.25, 0.3) is 0 Å². The lowest BCUT2D eigenvalue weighted by Gasteiger charge is -2.21. The van der Waals surface area contributed by atoms with E-state index in [0.29, 0.717) is 19.0 Å². The summed E-state index contributed by atoms with van der Waals surface area (Å²) >= 11 is 0. The van der Waals surface area contributed by atoms with Crippen LogP contribution >= 0.6 is 0 Å². The molecule has 5 heteroatoms. The molecule has 1 aliphatic rings. The third-order valence-electron chi connectivity index (χ3n) is 3.83. The Labute approximate surface area is 141 Å². The first kappa shape index (κ1) is 16.2. The van der Waals surface area contributed by atoms with Crippen molar-refractivity contribution in [2.45, 2.75) is 19.9 Å². The first-order valence-corrected chi connectivity index (χ1v) is 8.00. The van der Waals surface area contributed by atoms with Gasteiger partial charge in [-0.2, -0.15) is 0 Å². The molecule has 0 bridgehead atoms. The molecular formula is C19H21NO4. The summed E-state index contributed by atoms with van der Waals surface area (Å²) in [4.78, 5) is 12.1. The molecule has 0 aromatic heterocycles. The molecule has 0 radical (unpaired) electrons. The van der Waals surface area contributed by atoms with Crippen molar-refractivity contribution in [1.82, 2.24) is 5.32 Å². The molecule has 0 saturated heterocycles. The van der Waals surface area contributed by atoms with E-state index in [2.05, 4.69) is 5.32 Å². The average molecular weight is 327 g/mol. The molecule has 1 amide bonds. The van der Waals surface area contributed by atoms with Gasteiger partial charge in [-0.1, -0.05) is 23.8 Å². The van der Waals surface area contributed by atoms with Crippen LogP contribution in [0.2, 0.25) is 0 Å². The van der Waals surface area contributed by atoms with Crippen molar-refractivity contribution < 1.29 is 19.0 Å². The van der Waals surface area contributed by atoms with Crippen LogP contribution in [0.5, 0.6) is 17.2 Å². The molecule has 0 saturated carbocycles. The van der Waals surface area contributed by atoms with Crippen molar-refractivity contribution in [2.75, 3.05) is 19.8 Å². The van der Waals surface area contributed by atoms with Crippen LogP contribution in [0.4, 0.5) is 0 Å². The number of hydrogen-bond donors (Lipinski definition) is 1. The molecule has 3 rings (SSSR count). The summed E-state index contributed by atoms with van der Waals surface area (Å²) in [6, 6.07) is 13.2. The maximum Gasteiger partial charge on any atom is 0.258 e. The number of ether oxygens (including phenoxy) is 3. The summed E-state index contributed by atoms with van der Waals surface area (Å²) in [5.41, 5.74) is 2.11. The number of carbonyl (C=O) groups is 1. The zero-order valence-corrected chi connectivity index (χ0v) is 13.9. The maximum absolute atomic E-state index is 12.1. The molecule has 1 N–H and O–H groups in total. The first-order valence-electron chi connectivity index (χ1n) is 8.00. The predicted molar refractivity (Wildman–Crippen MR) is 90.7 cm³/mol. The second-order valence-corrected chi connectivity index (χ2v) is 5.79. The van der Waals surface area contributed by atoms with E-state index in [9.17, 15) is 4.79 Å². The Kier molecular flexibility index (Phi) is 4.89. The second kappa shape index (κ2) is 7.25. The lowest BCUT2D eigenvalue weighted by atomic mass is 10.1. The van der Waals surface area contributed by atoms with E-state index in [0.717, 1.165) is 22.6 Å². The van der Waals surface area contributed by atoms with Gasteiger partial charge in [0.1, 0.15) is 19.0 Å². The van der Waals surface area contributed by atoms with Crippen LogP contribution in [0.1, 0.15) is 24.1 Å². The predicted octanol–water partition coefficient (Wildman–Crippen LogP) is 3.02. The molecule has 0 unspecified atom stereocenters. The molecule has 0 aliphatic carbocycles. The molecule has 2 aromatic rings. The Balaban J connectivity index is 1.55. The smallest absolute Gasteiger partial charge is 0.258 e. The molecule has 2 aromatic carbocycles. The number of carbonyl (C=O) groups excluding carboxylic acids is 1. The standard InChI is InChI=1S/C19H21NO4/c1-13-3-6-16(7-4-13)24-12-19(21)20-14(2)15-5-8-17-18(11-15)23-10-9-22-17/h3-8,11,14H,9-10,12H2,1-2H3,(H,20,21)/t14-/m0/s1. The number of nitrogens with one attached hydrogen (secondary N) is 1. The Morgan fingerprint density at radius 3 is 2.58 bits per heavy atom. The Morgan fingerprint density at radius 2 is 1.83 bits per heavy atom. The van der Waals surface area contributed by atoms with Crippen molar-refractivity contribution in [3.63, 3.8) is 0 Å². The number of aryl methyl sites for hydroxylation is 1. The quantitative estimate of drug-likeness (QED) is 0.917. The molecule has 1 atom stereocenters. The van der Waals surface area contributed by atoms with Crippen molar-refractivity contribution in [2.24, 2.45) is 0 Å². The summed E-state index contributed by atoms with van der Waals surface area (Å²) < 4.78 is 16.6. The van der Waals surface area contributed by atoms with Gasteiger partial charge >= 0.3 is 0 Å². The highest BCUT2D eigenvalue weighted by Gasteiger charge is 2.16. The van der Waals surface area contributed by atoms with Crippen LogP contribution in [0.15, 0.2) is 42.5 Å². The first-order chi connectivity index (χ1) is 11.6. The van der Waals surface area contributed by atoms with Crippen molar-refractivity contribution >= 4 is 5.91 Å². The highest BCUT2D eigenvalue weighted by atomic mass is 16.6. The zero-order chi connectivity index (χ0) is 16.9. The molecule has 1 aliphatic heterocycles. The van der Waals surface area contributed by atoms with Gasteiger partial charge in [0.05, 0.1) is 6.04 Å². The Bertz CT molecular complexity index is 712. The van der Waals surface area contributed by atoms with E-state index in [1.807, 2.05) is 56.3 Å². The summed E-state index contributed by atoms with van der Waals surface area (Å²) in [5.74, 6) is 1.97. The Hall–Kier alpha value is -2.69. The van der Waals surface area contributed by atoms with Crippen molar-refractivity contribution in [3.8, 4) is 17.2 Å². The van der Waals surface area contributed by atoms with Gasteiger partial charge in [-0.15, -0.1) is 0 Å². The lowest BCUT2D eigenvalue weighted by molar-refractivity contribution is -0.123. The van der Waals surface area contributed by atoms with Crippen molar-refractivity contribution in [1.29, 1.82) is 0 Å². The molecule has 0 spiro atoms. The van der Waals surface area contributed by atoms with Crippen LogP contribution in [-0.4, -0.2) is 25.7 Å². The molecular weight excluding hydrogens is 306 g/mol. The van der Waals surface area contributed by atoms with E-state index < -0.39 is 0 Å². The minimum absolute atomic E-state index is 0.0159. The maximum atomic E-state index is 12.1. The largest absolute Gasteiger partial charge is 0.486 e. The van der Waals surface area contributed by atoms with E-state index in [-0.39, 0.29) is 18.6 Å². The number of hydrogen-bond acceptors (Lipinski definition) is 4. The summed E-state index contributed by atoms with van der Waals surface area (Å²) in [6.45, 7) is 5.02. The van der Waals surface area contributed by atoms with E-state index in [4.69, 9.17) is 14.2 Å². The fraction of sp³-hybridized carbons (Fsp3) is 0.316. The summed E-state index contributed by atoms with van der Waals surface area (Å²) in [7, 11) is 0. The molecule has 5 nitrogen and oxygen atoms in total. The number of amides is 1.